The molecule has 0 saturated heterocycles. The average molecular weight is 678 g/mol. The molecule has 0 unspecified atom stereocenters. The second-order valence-electron chi connectivity index (χ2n) is 12.0. The fourth-order valence-corrected chi connectivity index (χ4v) is 4.70. The zero-order valence-corrected chi connectivity index (χ0v) is 27.5. The van der Waals surface area contributed by atoms with Crippen LogP contribution < -0.4 is 30.2 Å². The minimum Gasteiger partial charge on any atom is -0.491 e. The number of hydrogen-bond donors (Lipinski definition) is 3. The van der Waals surface area contributed by atoms with Crippen molar-refractivity contribution in [3.05, 3.63) is 53.6 Å². The van der Waals surface area contributed by atoms with Gasteiger partial charge in [-0.1, -0.05) is 26.0 Å². The highest BCUT2D eigenvalue weighted by Crippen LogP contribution is 2.27. The number of anilines is 3. The fraction of sp³-hybridized carbons (Fsp3) is 0.500. The van der Waals surface area contributed by atoms with Gasteiger partial charge in [0.2, 0.25) is 11.9 Å². The summed E-state index contributed by atoms with van der Waals surface area (Å²) in [4.78, 5) is 27.7. The summed E-state index contributed by atoms with van der Waals surface area (Å²) in [6, 6.07) is 11.5. The molecule has 0 saturated carbocycles. The molecule has 5 rings (SSSR count). The number of carbonyl (C=O) groups excluding carboxylic acids is 1. The van der Waals surface area contributed by atoms with Crippen LogP contribution in [-0.2, 0) is 16.0 Å². The van der Waals surface area contributed by atoms with Crippen LogP contribution in [0.2, 0.25) is 0 Å². The molecule has 0 radical (unpaired) electrons. The summed E-state index contributed by atoms with van der Waals surface area (Å²) in [5.41, 5.74) is 1.33. The summed E-state index contributed by atoms with van der Waals surface area (Å²) in [6.45, 7) is 5.72. The van der Waals surface area contributed by atoms with Gasteiger partial charge in [-0.3, -0.25) is 4.79 Å². The van der Waals surface area contributed by atoms with E-state index in [1.165, 1.54) is 0 Å². The lowest BCUT2D eigenvalue weighted by Gasteiger charge is -2.28. The summed E-state index contributed by atoms with van der Waals surface area (Å²) in [5, 5.41) is 8.94. The lowest BCUT2D eigenvalue weighted by Crippen LogP contribution is -2.40. The molecule has 3 N–H and O–H groups in total. The lowest BCUT2D eigenvalue weighted by molar-refractivity contribution is -0.154. The van der Waals surface area contributed by atoms with Crippen molar-refractivity contribution >= 4 is 23.5 Å². The highest BCUT2D eigenvalue weighted by molar-refractivity contribution is 5.97. The van der Waals surface area contributed by atoms with Crippen LogP contribution in [0.5, 0.6) is 17.5 Å². The van der Waals surface area contributed by atoms with Crippen LogP contribution >= 0.6 is 0 Å². The Morgan fingerprint density at radius 2 is 1.58 bits per heavy atom. The van der Waals surface area contributed by atoms with Crippen molar-refractivity contribution in [2.45, 2.75) is 26.6 Å². The molecule has 1 aromatic heterocycles. The third-order valence-corrected chi connectivity index (χ3v) is 6.66. The van der Waals surface area contributed by atoms with E-state index in [-0.39, 0.29) is 54.3 Å². The molecule has 2 aliphatic rings. The molecular weight excluding hydrogens is 635 g/mol. The number of carbonyl (C=O) groups is 1. The smallest absolute Gasteiger partial charge is 0.422 e. The van der Waals surface area contributed by atoms with Gasteiger partial charge in [0.25, 0.3) is 5.91 Å². The largest absolute Gasteiger partial charge is 0.491 e. The van der Waals surface area contributed by atoms with Gasteiger partial charge in [-0.15, -0.1) is 0 Å². The number of fused-ring (bicyclic) bond motifs is 12. The van der Waals surface area contributed by atoms with Crippen molar-refractivity contribution < 1.29 is 41.7 Å². The molecule has 6 bridgehead atoms. The zero-order valence-electron chi connectivity index (χ0n) is 27.5. The number of benzene rings is 2. The predicted molar refractivity (Wildman–Crippen MR) is 172 cm³/mol. The van der Waals surface area contributed by atoms with Crippen LogP contribution in [0.15, 0.2) is 42.5 Å². The number of amides is 1. The third-order valence-electron chi connectivity index (χ3n) is 6.66. The minimum atomic E-state index is -4.60. The maximum Gasteiger partial charge on any atom is 0.422 e. The molecule has 0 aliphatic carbocycles. The van der Waals surface area contributed by atoms with Crippen LogP contribution in [0.3, 0.4) is 0 Å². The predicted octanol–water partition coefficient (Wildman–Crippen LogP) is 4.29. The van der Waals surface area contributed by atoms with E-state index in [0.29, 0.717) is 44.4 Å². The Bertz CT molecular complexity index is 1480. The molecule has 0 spiro atoms. The van der Waals surface area contributed by atoms with Gasteiger partial charge in [-0.05, 0) is 49.3 Å². The molecule has 3 heterocycles. The first-order chi connectivity index (χ1) is 22.8. The molecule has 1 amide bonds. The molecule has 3 aromatic rings. The number of aromatic nitrogens is 3. The number of alkyl halides is 3. The van der Waals surface area contributed by atoms with E-state index in [4.69, 9.17) is 23.7 Å². The van der Waals surface area contributed by atoms with Gasteiger partial charge in [-0.25, -0.2) is 0 Å². The van der Waals surface area contributed by atoms with E-state index in [1.807, 2.05) is 31.1 Å². The molecule has 0 fully saturated rings. The normalized spacial score (nSPS) is 15.0. The van der Waals surface area contributed by atoms with Crippen molar-refractivity contribution in [2.24, 2.45) is 5.41 Å². The SMILES string of the molecule is CN(C)CC(C)(C)CNC(=O)c1ccc2cc1OCCOCCOCCOc1ccc(cc1)CNc1nc(nc(OCC(F)(F)F)n1)N2. The Labute approximate surface area is 277 Å². The average Bonchev–Trinajstić information content (AvgIpc) is 3.02. The van der Waals surface area contributed by atoms with Gasteiger partial charge in [0.05, 0.1) is 32.0 Å². The van der Waals surface area contributed by atoms with E-state index >= 15 is 0 Å². The Morgan fingerprint density at radius 1 is 0.917 bits per heavy atom. The van der Waals surface area contributed by atoms with Crippen molar-refractivity contribution in [1.29, 1.82) is 0 Å². The number of halogens is 3. The van der Waals surface area contributed by atoms with Crippen LogP contribution in [-0.4, -0.2) is 105 Å². The Hall–Kier alpha value is -4.41. The van der Waals surface area contributed by atoms with Gasteiger partial charge >= 0.3 is 12.2 Å². The van der Waals surface area contributed by atoms with Gasteiger partial charge < -0.3 is 44.5 Å². The Kier molecular flexibility index (Phi) is 13.0. The van der Waals surface area contributed by atoms with Crippen LogP contribution in [0.4, 0.5) is 30.8 Å². The van der Waals surface area contributed by atoms with Crippen molar-refractivity contribution in [2.75, 3.05) is 84.1 Å². The Balaban J connectivity index is 1.60. The molecule has 0 atom stereocenters. The standard InChI is InChI=1S/C32H42F3N7O6/c1-31(2,20-42(3)4)19-37-27(43)25-10-7-23-17-26(25)47-16-14-45-12-11-44-13-15-46-24-8-5-22(6-9-24)18-36-28-39-29(38-23)41-30(40-28)48-21-32(33,34)35/h5-10,17H,11-16,18-21H2,1-4H3,(H,37,43)(H2,36,38,39,40,41). The summed E-state index contributed by atoms with van der Waals surface area (Å²) >= 11 is 0. The van der Waals surface area contributed by atoms with Crippen LogP contribution in [0, 0.1) is 5.41 Å². The molecule has 2 aliphatic heterocycles. The maximum atomic E-state index is 13.3. The first kappa shape index (κ1) is 36.4. The molecular formula is C32H42F3N7O6. The van der Waals surface area contributed by atoms with Gasteiger partial charge in [-0.2, -0.15) is 28.1 Å². The zero-order chi connectivity index (χ0) is 34.6. The second-order valence-corrected chi connectivity index (χ2v) is 12.0. The van der Waals surface area contributed by atoms with E-state index in [1.54, 1.807) is 30.3 Å². The molecule has 16 heteroatoms. The van der Waals surface area contributed by atoms with Crippen molar-refractivity contribution in [3.8, 4) is 17.5 Å². The molecule has 48 heavy (non-hydrogen) atoms. The number of nitrogens with zero attached hydrogens (tertiary/aromatic N) is 4. The number of nitrogens with one attached hydrogen (secondary N) is 3. The lowest BCUT2D eigenvalue weighted by atomic mass is 9.93. The van der Waals surface area contributed by atoms with Gasteiger partial charge in [0, 0.05) is 31.4 Å². The monoisotopic (exact) mass is 677 g/mol. The summed E-state index contributed by atoms with van der Waals surface area (Å²) < 4.78 is 66.6. The third kappa shape index (κ3) is 12.7. The first-order valence-corrected chi connectivity index (χ1v) is 15.4. The molecule has 262 valence electrons. The van der Waals surface area contributed by atoms with E-state index in [9.17, 15) is 18.0 Å². The van der Waals surface area contributed by atoms with E-state index in [0.717, 1.165) is 12.1 Å². The summed E-state index contributed by atoms with van der Waals surface area (Å²) in [6.07, 6.45) is -4.60. The fourth-order valence-electron chi connectivity index (χ4n) is 4.70. The van der Waals surface area contributed by atoms with Gasteiger partial charge in [0.15, 0.2) is 6.61 Å². The number of ether oxygens (including phenoxy) is 5. The van der Waals surface area contributed by atoms with Crippen molar-refractivity contribution in [3.63, 3.8) is 0 Å². The van der Waals surface area contributed by atoms with Crippen molar-refractivity contribution in [1.82, 2.24) is 25.2 Å². The summed E-state index contributed by atoms with van der Waals surface area (Å²) in [7, 11) is 3.94. The first-order valence-electron chi connectivity index (χ1n) is 15.4. The van der Waals surface area contributed by atoms with Gasteiger partial charge in [0.1, 0.15) is 24.7 Å². The van der Waals surface area contributed by atoms with Crippen LogP contribution in [0.25, 0.3) is 0 Å². The second kappa shape index (κ2) is 17.1. The highest BCUT2D eigenvalue weighted by Gasteiger charge is 2.29. The van der Waals surface area contributed by atoms with E-state index < -0.39 is 18.8 Å². The number of rotatable bonds is 7. The summed E-state index contributed by atoms with van der Waals surface area (Å²) in [5.74, 6) is 0.451. The Morgan fingerprint density at radius 3 is 2.27 bits per heavy atom. The van der Waals surface area contributed by atoms with Crippen LogP contribution in [0.1, 0.15) is 29.8 Å². The number of hydrogen-bond acceptors (Lipinski definition) is 12. The topological polar surface area (TPSA) is 141 Å². The van der Waals surface area contributed by atoms with E-state index in [2.05, 4.69) is 44.7 Å². The molecule has 2 aromatic carbocycles. The maximum absolute atomic E-state index is 13.3. The quantitative estimate of drug-likeness (QED) is 0.307. The highest BCUT2D eigenvalue weighted by atomic mass is 19.4. The minimum absolute atomic E-state index is 0.0227. The molecule has 13 nitrogen and oxygen atoms in total.